The maximum atomic E-state index is 6.69. The predicted octanol–water partition coefficient (Wildman–Crippen LogP) is 4.28. The Bertz CT molecular complexity index is 881. The summed E-state index contributed by atoms with van der Waals surface area (Å²) in [6.45, 7) is 8.76. The molecule has 162 valence electrons. The van der Waals surface area contributed by atoms with Crippen LogP contribution in [0.15, 0.2) is 65.1 Å². The molecule has 0 atom stereocenters. The van der Waals surface area contributed by atoms with Crippen LogP contribution < -0.4 is 0 Å². The molecule has 0 spiro atoms. The van der Waals surface area contributed by atoms with E-state index in [9.17, 15) is 0 Å². The average Bonchev–Trinajstić information content (AvgIpc) is 3.19. The standard InChI is InChI=1S/C26H30N2O3/c1-3-7-21(8-4-1)25-23(19-27-11-15-29-16-12-27)24(20-28-13-17-30-18-14-28)26(31-25)22-9-5-2-6-10-22/h1-10H,11-20H2. The largest absolute Gasteiger partial charge is 0.455 e. The van der Waals surface area contributed by atoms with Crippen molar-refractivity contribution >= 4 is 0 Å². The first-order chi connectivity index (χ1) is 15.4. The van der Waals surface area contributed by atoms with E-state index >= 15 is 0 Å². The van der Waals surface area contributed by atoms with Gasteiger partial charge in [-0.15, -0.1) is 0 Å². The topological polar surface area (TPSA) is 38.1 Å². The van der Waals surface area contributed by atoms with Crippen molar-refractivity contribution in [3.05, 3.63) is 71.8 Å². The van der Waals surface area contributed by atoms with Crippen molar-refractivity contribution in [3.63, 3.8) is 0 Å². The highest BCUT2D eigenvalue weighted by Crippen LogP contribution is 2.39. The van der Waals surface area contributed by atoms with E-state index < -0.39 is 0 Å². The maximum Gasteiger partial charge on any atom is 0.139 e. The Morgan fingerprint density at radius 1 is 0.548 bits per heavy atom. The fraction of sp³-hybridized carbons (Fsp3) is 0.385. The molecular weight excluding hydrogens is 388 g/mol. The molecule has 1 aromatic heterocycles. The molecule has 2 aliphatic heterocycles. The quantitative estimate of drug-likeness (QED) is 0.597. The number of ether oxygens (including phenoxy) is 2. The summed E-state index contributed by atoms with van der Waals surface area (Å²) in [5.41, 5.74) is 4.88. The number of morpholine rings is 2. The molecule has 5 nitrogen and oxygen atoms in total. The molecular formula is C26H30N2O3. The minimum absolute atomic E-state index is 0.795. The van der Waals surface area contributed by atoms with Crippen LogP contribution in [0.5, 0.6) is 0 Å². The van der Waals surface area contributed by atoms with E-state index in [2.05, 4.69) is 70.5 Å². The van der Waals surface area contributed by atoms with Gasteiger partial charge in [0.2, 0.25) is 0 Å². The van der Waals surface area contributed by atoms with Crippen molar-refractivity contribution in [2.45, 2.75) is 13.1 Å². The van der Waals surface area contributed by atoms with Gasteiger partial charge in [-0.3, -0.25) is 9.80 Å². The first kappa shape index (κ1) is 20.5. The number of rotatable bonds is 6. The van der Waals surface area contributed by atoms with Crippen LogP contribution in [0.25, 0.3) is 22.6 Å². The molecule has 0 aliphatic carbocycles. The van der Waals surface area contributed by atoms with E-state index in [1.807, 2.05) is 0 Å². The van der Waals surface area contributed by atoms with Gasteiger partial charge in [-0.2, -0.15) is 0 Å². The van der Waals surface area contributed by atoms with Gasteiger partial charge in [-0.25, -0.2) is 0 Å². The summed E-state index contributed by atoms with van der Waals surface area (Å²) < 4.78 is 17.9. The maximum absolute atomic E-state index is 6.69. The summed E-state index contributed by atoms with van der Waals surface area (Å²) >= 11 is 0. The van der Waals surface area contributed by atoms with Gasteiger partial charge in [0.25, 0.3) is 0 Å². The Hall–Kier alpha value is -2.44. The summed E-state index contributed by atoms with van der Waals surface area (Å²) in [6, 6.07) is 21.0. The fourth-order valence-electron chi connectivity index (χ4n) is 4.44. The van der Waals surface area contributed by atoms with Gasteiger partial charge in [0, 0.05) is 61.5 Å². The zero-order valence-corrected chi connectivity index (χ0v) is 18.0. The van der Waals surface area contributed by atoms with Crippen LogP contribution in [0.4, 0.5) is 0 Å². The van der Waals surface area contributed by atoms with Crippen LogP contribution in [-0.4, -0.2) is 62.4 Å². The molecule has 0 radical (unpaired) electrons. The third-order valence-corrected chi connectivity index (χ3v) is 6.16. The van der Waals surface area contributed by atoms with E-state index in [1.54, 1.807) is 0 Å². The van der Waals surface area contributed by atoms with Gasteiger partial charge >= 0.3 is 0 Å². The Kier molecular flexibility index (Phi) is 6.46. The van der Waals surface area contributed by atoms with Crippen LogP contribution in [0.3, 0.4) is 0 Å². The number of hydrogen-bond donors (Lipinski definition) is 0. The molecule has 0 bridgehead atoms. The second-order valence-corrected chi connectivity index (χ2v) is 8.23. The molecule has 0 saturated carbocycles. The molecule has 3 heterocycles. The third kappa shape index (κ3) is 4.75. The highest BCUT2D eigenvalue weighted by atomic mass is 16.5. The molecule has 0 unspecified atom stereocenters. The lowest BCUT2D eigenvalue weighted by atomic mass is 10.00. The molecule has 3 aromatic rings. The van der Waals surface area contributed by atoms with Crippen molar-refractivity contribution in [2.24, 2.45) is 0 Å². The highest BCUT2D eigenvalue weighted by Gasteiger charge is 2.26. The molecule has 2 saturated heterocycles. The summed E-state index contributed by atoms with van der Waals surface area (Å²) in [4.78, 5) is 4.97. The first-order valence-corrected chi connectivity index (χ1v) is 11.2. The van der Waals surface area contributed by atoms with E-state index in [1.165, 1.54) is 11.1 Å². The minimum atomic E-state index is 0.795. The number of benzene rings is 2. The SMILES string of the molecule is c1ccc(-c2oc(-c3ccccc3)c(CN3CCOCC3)c2CN2CCOCC2)cc1. The number of nitrogens with zero attached hydrogens (tertiary/aromatic N) is 2. The van der Waals surface area contributed by atoms with Gasteiger partial charge in [0.15, 0.2) is 0 Å². The Labute approximate surface area is 184 Å². The van der Waals surface area contributed by atoms with Gasteiger partial charge in [-0.05, 0) is 0 Å². The summed E-state index contributed by atoms with van der Waals surface area (Å²) in [6.07, 6.45) is 0. The van der Waals surface area contributed by atoms with E-state index in [0.717, 1.165) is 88.3 Å². The molecule has 2 aromatic carbocycles. The predicted molar refractivity (Wildman–Crippen MR) is 122 cm³/mol. The van der Waals surface area contributed by atoms with Crippen molar-refractivity contribution in [1.29, 1.82) is 0 Å². The zero-order chi connectivity index (χ0) is 20.9. The van der Waals surface area contributed by atoms with E-state index in [0.29, 0.717) is 0 Å². The van der Waals surface area contributed by atoms with Gasteiger partial charge in [0.1, 0.15) is 11.5 Å². The lowest BCUT2D eigenvalue weighted by molar-refractivity contribution is 0.0311. The smallest absolute Gasteiger partial charge is 0.139 e. The second-order valence-electron chi connectivity index (χ2n) is 8.23. The first-order valence-electron chi connectivity index (χ1n) is 11.2. The number of hydrogen-bond acceptors (Lipinski definition) is 5. The molecule has 5 heteroatoms. The fourth-order valence-corrected chi connectivity index (χ4v) is 4.44. The average molecular weight is 419 g/mol. The summed E-state index contributed by atoms with van der Waals surface area (Å²) in [5, 5.41) is 0. The third-order valence-electron chi connectivity index (χ3n) is 6.16. The molecule has 31 heavy (non-hydrogen) atoms. The van der Waals surface area contributed by atoms with Crippen molar-refractivity contribution in [2.75, 3.05) is 52.6 Å². The Morgan fingerprint density at radius 2 is 0.935 bits per heavy atom. The molecule has 2 aliphatic rings. The van der Waals surface area contributed by atoms with Crippen LogP contribution in [0.1, 0.15) is 11.1 Å². The van der Waals surface area contributed by atoms with Gasteiger partial charge < -0.3 is 13.9 Å². The number of furan rings is 1. The van der Waals surface area contributed by atoms with Crippen LogP contribution in [0.2, 0.25) is 0 Å². The molecule has 5 rings (SSSR count). The van der Waals surface area contributed by atoms with Crippen molar-refractivity contribution < 1.29 is 13.9 Å². The normalized spacial score (nSPS) is 18.3. The highest BCUT2D eigenvalue weighted by molar-refractivity contribution is 5.72. The summed E-state index contributed by atoms with van der Waals surface area (Å²) in [5.74, 6) is 1.99. The van der Waals surface area contributed by atoms with Crippen LogP contribution >= 0.6 is 0 Å². The van der Waals surface area contributed by atoms with Crippen LogP contribution in [0, 0.1) is 0 Å². The van der Waals surface area contributed by atoms with E-state index in [-0.39, 0.29) is 0 Å². The Balaban J connectivity index is 1.60. The minimum Gasteiger partial charge on any atom is -0.455 e. The molecule has 0 amide bonds. The molecule has 2 fully saturated rings. The monoisotopic (exact) mass is 418 g/mol. The lowest BCUT2D eigenvalue weighted by Crippen LogP contribution is -2.37. The van der Waals surface area contributed by atoms with E-state index in [4.69, 9.17) is 13.9 Å². The Morgan fingerprint density at radius 3 is 1.32 bits per heavy atom. The summed E-state index contributed by atoms with van der Waals surface area (Å²) in [7, 11) is 0. The lowest BCUT2D eigenvalue weighted by Gasteiger charge is -2.29. The second kappa shape index (κ2) is 9.79. The van der Waals surface area contributed by atoms with Crippen LogP contribution in [-0.2, 0) is 22.6 Å². The van der Waals surface area contributed by atoms with Gasteiger partial charge in [-0.1, -0.05) is 60.7 Å². The molecule has 0 N–H and O–H groups in total. The van der Waals surface area contributed by atoms with Gasteiger partial charge in [0.05, 0.1) is 26.4 Å². The van der Waals surface area contributed by atoms with Crippen molar-refractivity contribution in [3.8, 4) is 22.6 Å². The zero-order valence-electron chi connectivity index (χ0n) is 18.0. The van der Waals surface area contributed by atoms with Crippen molar-refractivity contribution in [1.82, 2.24) is 9.80 Å².